The zero-order valence-electron chi connectivity index (χ0n) is 26.9. The lowest BCUT2D eigenvalue weighted by Gasteiger charge is -2.40. The van der Waals surface area contributed by atoms with Crippen molar-refractivity contribution in [3.63, 3.8) is 0 Å². The van der Waals surface area contributed by atoms with Crippen molar-refractivity contribution in [1.82, 2.24) is 9.88 Å². The molecule has 234 valence electrons. The van der Waals surface area contributed by atoms with Gasteiger partial charge >= 0.3 is 0 Å². The fourth-order valence-corrected chi connectivity index (χ4v) is 8.53. The maximum Gasteiger partial charge on any atom is 0.217 e. The maximum atomic E-state index is 6.85. The van der Waals surface area contributed by atoms with Gasteiger partial charge in [-0.1, -0.05) is 67.1 Å². The highest BCUT2D eigenvalue weighted by atomic mass is 32.1. The van der Waals surface area contributed by atoms with Gasteiger partial charge in [0.15, 0.2) is 0 Å². The minimum atomic E-state index is 0.237. The Balaban J connectivity index is 1.23. The first-order valence-corrected chi connectivity index (χ1v) is 17.7. The summed E-state index contributed by atoms with van der Waals surface area (Å²) < 4.78 is 6.85. The molecule has 0 spiro atoms. The first-order chi connectivity index (χ1) is 21.5. The van der Waals surface area contributed by atoms with Crippen molar-refractivity contribution >= 4 is 22.9 Å². The van der Waals surface area contributed by atoms with E-state index in [1.807, 2.05) is 11.3 Å². The van der Waals surface area contributed by atoms with Gasteiger partial charge in [-0.05, 0) is 106 Å². The van der Waals surface area contributed by atoms with Gasteiger partial charge in [0, 0.05) is 31.4 Å². The third kappa shape index (κ3) is 7.76. The summed E-state index contributed by atoms with van der Waals surface area (Å²) in [7, 11) is 4.33. The van der Waals surface area contributed by atoms with E-state index in [0.717, 1.165) is 49.3 Å². The second-order valence-corrected chi connectivity index (χ2v) is 14.4. The Labute approximate surface area is 268 Å². The minimum absolute atomic E-state index is 0.237. The predicted octanol–water partition coefficient (Wildman–Crippen LogP) is 9.01. The van der Waals surface area contributed by atoms with Gasteiger partial charge in [-0.3, -0.25) is 4.90 Å². The summed E-state index contributed by atoms with van der Waals surface area (Å²) in [4.78, 5) is 11.9. The number of hydrogen-bond acceptors (Lipinski definition) is 6. The van der Waals surface area contributed by atoms with Crippen LogP contribution in [0.15, 0.2) is 76.5 Å². The number of aromatic nitrogens is 1. The van der Waals surface area contributed by atoms with Crippen LogP contribution >= 0.6 is 11.3 Å². The van der Waals surface area contributed by atoms with E-state index in [1.165, 1.54) is 68.2 Å². The third-order valence-corrected chi connectivity index (χ3v) is 10.7. The average Bonchev–Trinajstić information content (AvgIpc) is 3.66. The molecule has 44 heavy (non-hydrogen) atoms. The maximum absolute atomic E-state index is 6.85. The number of nitrogens with zero attached hydrogens (tertiary/aromatic N) is 3. The van der Waals surface area contributed by atoms with Crippen molar-refractivity contribution in [1.29, 1.82) is 0 Å². The highest BCUT2D eigenvalue weighted by Crippen LogP contribution is 2.43. The molecule has 2 aromatic heterocycles. The standard InChI is InChI=1S/C38H50N4OS/c1-28(25-29-13-7-4-8-14-29)39-37-33(26-30-15-9-5-10-16-30)40-38(43-37)36(42-22-11-6-12-23-42)32-19-17-31(18-20-32)27-35-34(41(2)3)21-24-44-35/h4-5,7-10,13-16,21,24,28,31-32,36,39H,6,11-12,17-20,22-23,25-27H2,1-3H3. The first kappa shape index (κ1) is 30.9. The number of anilines is 2. The Morgan fingerprint density at radius 2 is 1.59 bits per heavy atom. The van der Waals surface area contributed by atoms with Gasteiger partial charge < -0.3 is 14.6 Å². The highest BCUT2D eigenvalue weighted by Gasteiger charge is 2.37. The third-order valence-electron chi connectivity index (χ3n) is 9.74. The molecular weight excluding hydrogens is 561 g/mol. The lowest BCUT2D eigenvalue weighted by Crippen LogP contribution is -2.39. The van der Waals surface area contributed by atoms with Crippen molar-refractivity contribution in [3.05, 3.63) is 99.7 Å². The molecule has 6 heteroatoms. The van der Waals surface area contributed by atoms with Gasteiger partial charge in [-0.15, -0.1) is 11.3 Å². The van der Waals surface area contributed by atoms with Crippen LogP contribution in [0.1, 0.15) is 85.5 Å². The molecule has 1 aliphatic carbocycles. The van der Waals surface area contributed by atoms with E-state index in [0.29, 0.717) is 5.92 Å². The fraction of sp³-hybridized carbons (Fsp3) is 0.500. The van der Waals surface area contributed by atoms with Crippen LogP contribution in [0.2, 0.25) is 0 Å². The number of rotatable bonds is 12. The number of nitrogens with one attached hydrogen (secondary N) is 1. The summed E-state index contributed by atoms with van der Waals surface area (Å²) in [5, 5.41) is 6.01. The van der Waals surface area contributed by atoms with Crippen LogP contribution in [0.3, 0.4) is 0 Å². The molecule has 1 N–H and O–H groups in total. The molecule has 0 bridgehead atoms. The molecule has 2 atom stereocenters. The molecule has 2 unspecified atom stereocenters. The van der Waals surface area contributed by atoms with Gasteiger partial charge in [0.25, 0.3) is 0 Å². The van der Waals surface area contributed by atoms with E-state index in [2.05, 4.69) is 108 Å². The Morgan fingerprint density at radius 1 is 0.909 bits per heavy atom. The van der Waals surface area contributed by atoms with Crippen molar-refractivity contribution in [2.45, 2.75) is 83.2 Å². The molecule has 1 saturated heterocycles. The molecule has 1 aliphatic heterocycles. The first-order valence-electron chi connectivity index (χ1n) is 16.8. The largest absolute Gasteiger partial charge is 0.423 e. The van der Waals surface area contributed by atoms with E-state index < -0.39 is 0 Å². The van der Waals surface area contributed by atoms with Gasteiger partial charge in [0.1, 0.15) is 5.69 Å². The zero-order valence-corrected chi connectivity index (χ0v) is 27.7. The van der Waals surface area contributed by atoms with E-state index in [1.54, 1.807) is 4.88 Å². The molecule has 6 rings (SSSR count). The van der Waals surface area contributed by atoms with Crippen molar-refractivity contribution in [2.75, 3.05) is 37.4 Å². The SMILES string of the molecule is CC(Cc1ccccc1)Nc1oc(C(C2CCC(Cc3sccc3N(C)C)CC2)N2CCCCC2)nc1Cc1ccccc1. The van der Waals surface area contributed by atoms with Crippen LogP contribution in [0, 0.1) is 11.8 Å². The number of hydrogen-bond donors (Lipinski definition) is 1. The topological polar surface area (TPSA) is 44.5 Å². The lowest BCUT2D eigenvalue weighted by molar-refractivity contribution is 0.0691. The van der Waals surface area contributed by atoms with E-state index in [9.17, 15) is 0 Å². The monoisotopic (exact) mass is 610 g/mol. The Hall–Kier alpha value is -3.09. The molecule has 2 aromatic carbocycles. The summed E-state index contributed by atoms with van der Waals surface area (Å²) in [6.45, 7) is 4.55. The summed E-state index contributed by atoms with van der Waals surface area (Å²) in [5.41, 5.74) is 5.04. The molecule has 2 aliphatic rings. The van der Waals surface area contributed by atoms with Crippen LogP contribution in [-0.4, -0.2) is 43.1 Å². The Bertz CT molecular complexity index is 1420. The molecular formula is C38H50N4OS. The zero-order chi connectivity index (χ0) is 30.3. The molecule has 3 heterocycles. The Kier molecular flexibility index (Phi) is 10.4. The molecule has 2 fully saturated rings. The summed E-state index contributed by atoms with van der Waals surface area (Å²) in [6, 6.07) is 24.2. The van der Waals surface area contributed by atoms with Crippen LogP contribution in [0.5, 0.6) is 0 Å². The number of oxazole rings is 1. The van der Waals surface area contributed by atoms with Gasteiger partial charge in [0.05, 0.1) is 11.7 Å². The summed E-state index contributed by atoms with van der Waals surface area (Å²) in [6.07, 6.45) is 11.9. The highest BCUT2D eigenvalue weighted by molar-refractivity contribution is 7.10. The van der Waals surface area contributed by atoms with Gasteiger partial charge in [-0.25, -0.2) is 4.98 Å². The minimum Gasteiger partial charge on any atom is -0.423 e. The van der Waals surface area contributed by atoms with Crippen LogP contribution in [0.4, 0.5) is 11.6 Å². The second-order valence-electron chi connectivity index (χ2n) is 13.4. The number of piperidine rings is 1. The van der Waals surface area contributed by atoms with Crippen molar-refractivity contribution in [2.24, 2.45) is 11.8 Å². The molecule has 1 saturated carbocycles. The lowest BCUT2D eigenvalue weighted by atomic mass is 9.76. The summed E-state index contributed by atoms with van der Waals surface area (Å²) >= 11 is 1.93. The van der Waals surface area contributed by atoms with Crippen LogP contribution in [0.25, 0.3) is 0 Å². The van der Waals surface area contributed by atoms with Crippen molar-refractivity contribution in [3.8, 4) is 0 Å². The summed E-state index contributed by atoms with van der Waals surface area (Å²) in [5.74, 6) is 3.14. The van der Waals surface area contributed by atoms with E-state index in [-0.39, 0.29) is 12.1 Å². The molecule has 0 amide bonds. The van der Waals surface area contributed by atoms with Crippen LogP contribution < -0.4 is 10.2 Å². The molecule has 5 nitrogen and oxygen atoms in total. The predicted molar refractivity (Wildman–Crippen MR) is 185 cm³/mol. The second kappa shape index (κ2) is 14.8. The number of thiophene rings is 1. The van der Waals surface area contributed by atoms with Crippen LogP contribution in [-0.2, 0) is 19.3 Å². The molecule has 4 aromatic rings. The van der Waals surface area contributed by atoms with E-state index in [4.69, 9.17) is 9.40 Å². The van der Waals surface area contributed by atoms with Crippen molar-refractivity contribution < 1.29 is 4.42 Å². The number of likely N-dealkylation sites (tertiary alicyclic amines) is 1. The quantitative estimate of drug-likeness (QED) is 0.173. The number of benzene rings is 2. The average molecular weight is 611 g/mol. The van der Waals surface area contributed by atoms with E-state index >= 15 is 0 Å². The smallest absolute Gasteiger partial charge is 0.217 e. The fourth-order valence-electron chi connectivity index (χ4n) is 7.47. The normalized spacial score (nSPS) is 20.7. The van der Waals surface area contributed by atoms with Gasteiger partial charge in [0.2, 0.25) is 11.8 Å². The molecule has 0 radical (unpaired) electrons. The Morgan fingerprint density at radius 3 is 2.27 bits per heavy atom. The van der Waals surface area contributed by atoms with Gasteiger partial charge in [-0.2, -0.15) is 0 Å².